The number of anilines is 2. The smallest absolute Gasteiger partial charge is 0.411 e. The van der Waals surface area contributed by atoms with Gasteiger partial charge >= 0.3 is 6.09 Å². The van der Waals surface area contributed by atoms with E-state index in [0.717, 1.165) is 6.07 Å². The first-order chi connectivity index (χ1) is 10.9. The van der Waals surface area contributed by atoms with E-state index < -0.39 is 21.9 Å². The summed E-state index contributed by atoms with van der Waals surface area (Å²) in [5, 5.41) is 2.45. The van der Waals surface area contributed by atoms with Crippen LogP contribution in [-0.2, 0) is 14.8 Å². The van der Waals surface area contributed by atoms with Crippen LogP contribution in [0.1, 0.15) is 6.92 Å². The van der Waals surface area contributed by atoms with Crippen molar-refractivity contribution < 1.29 is 22.3 Å². The molecular formula is C15H15FN2O4S. The summed E-state index contributed by atoms with van der Waals surface area (Å²) in [5.41, 5.74) is 0.520. The van der Waals surface area contributed by atoms with Gasteiger partial charge in [-0.3, -0.25) is 10.0 Å². The van der Waals surface area contributed by atoms with Crippen molar-refractivity contribution in [2.45, 2.75) is 11.8 Å². The fourth-order valence-electron chi connectivity index (χ4n) is 1.77. The number of nitrogens with one attached hydrogen (secondary N) is 2. The van der Waals surface area contributed by atoms with Crippen LogP contribution in [0.4, 0.5) is 20.6 Å². The normalized spacial score (nSPS) is 10.9. The molecule has 2 rings (SSSR count). The molecule has 23 heavy (non-hydrogen) atoms. The summed E-state index contributed by atoms with van der Waals surface area (Å²) in [7, 11) is -3.85. The summed E-state index contributed by atoms with van der Waals surface area (Å²) in [5.74, 6) is -0.542. The zero-order chi connectivity index (χ0) is 16.9. The predicted octanol–water partition coefficient (Wildman–Crippen LogP) is 3.19. The minimum atomic E-state index is -3.85. The van der Waals surface area contributed by atoms with Crippen molar-refractivity contribution in [1.82, 2.24) is 0 Å². The Hall–Kier alpha value is -2.61. The van der Waals surface area contributed by atoms with Crippen molar-refractivity contribution in [2.75, 3.05) is 16.6 Å². The Morgan fingerprint density at radius 3 is 2.43 bits per heavy atom. The molecular weight excluding hydrogens is 323 g/mol. The number of sulfonamides is 1. The summed E-state index contributed by atoms with van der Waals surface area (Å²) in [6.07, 6.45) is -0.624. The van der Waals surface area contributed by atoms with Crippen molar-refractivity contribution in [3.8, 4) is 0 Å². The van der Waals surface area contributed by atoms with Gasteiger partial charge in [0.2, 0.25) is 0 Å². The van der Waals surface area contributed by atoms with E-state index in [0.29, 0.717) is 5.69 Å². The van der Waals surface area contributed by atoms with Gasteiger partial charge in [-0.05, 0) is 49.4 Å². The maximum atomic E-state index is 13.1. The van der Waals surface area contributed by atoms with Gasteiger partial charge < -0.3 is 4.74 Å². The van der Waals surface area contributed by atoms with E-state index in [1.807, 2.05) is 0 Å². The van der Waals surface area contributed by atoms with Gasteiger partial charge in [-0.15, -0.1) is 0 Å². The summed E-state index contributed by atoms with van der Waals surface area (Å²) >= 11 is 0. The average molecular weight is 338 g/mol. The van der Waals surface area contributed by atoms with E-state index in [2.05, 4.69) is 10.0 Å². The molecule has 0 heterocycles. The second-order valence-corrected chi connectivity index (χ2v) is 6.17. The van der Waals surface area contributed by atoms with Crippen molar-refractivity contribution in [3.05, 3.63) is 54.3 Å². The second kappa shape index (κ2) is 7.10. The lowest BCUT2D eigenvalue weighted by molar-refractivity contribution is 0.168. The zero-order valence-corrected chi connectivity index (χ0v) is 13.1. The topological polar surface area (TPSA) is 84.5 Å². The number of rotatable bonds is 5. The molecule has 1 amide bonds. The van der Waals surface area contributed by atoms with Crippen molar-refractivity contribution in [1.29, 1.82) is 0 Å². The molecule has 6 nitrogen and oxygen atoms in total. The molecule has 2 aromatic rings. The van der Waals surface area contributed by atoms with Crippen LogP contribution < -0.4 is 10.0 Å². The van der Waals surface area contributed by atoms with Crippen LogP contribution in [0.5, 0.6) is 0 Å². The third-order valence-electron chi connectivity index (χ3n) is 2.76. The van der Waals surface area contributed by atoms with Crippen LogP contribution in [-0.4, -0.2) is 21.1 Å². The van der Waals surface area contributed by atoms with Gasteiger partial charge in [0.25, 0.3) is 10.0 Å². The lowest BCUT2D eigenvalue weighted by Crippen LogP contribution is -2.14. The standard InChI is InChI=1S/C15H15FN2O4S/c1-2-22-15(19)17-12-6-8-14(9-7-12)23(20,21)18-13-5-3-4-11(16)10-13/h3-10,18H,2H2,1H3,(H,17,19). The lowest BCUT2D eigenvalue weighted by Gasteiger charge is -2.09. The number of halogens is 1. The van der Waals surface area contributed by atoms with Gasteiger partial charge in [0.1, 0.15) is 5.82 Å². The summed E-state index contributed by atoms with van der Waals surface area (Å²) in [6.45, 7) is 1.91. The Morgan fingerprint density at radius 1 is 1.13 bits per heavy atom. The molecule has 0 spiro atoms. The highest BCUT2D eigenvalue weighted by atomic mass is 32.2. The second-order valence-electron chi connectivity index (χ2n) is 4.49. The van der Waals surface area contributed by atoms with Crippen molar-refractivity contribution >= 4 is 27.5 Å². The number of benzene rings is 2. The fraction of sp³-hybridized carbons (Fsp3) is 0.133. The molecule has 0 aromatic heterocycles. The number of hydrogen-bond acceptors (Lipinski definition) is 4. The molecule has 2 N–H and O–H groups in total. The molecule has 122 valence electrons. The van der Waals surface area contributed by atoms with Crippen LogP contribution in [0.15, 0.2) is 53.4 Å². The van der Waals surface area contributed by atoms with Gasteiger partial charge in [-0.2, -0.15) is 0 Å². The number of carbonyl (C=O) groups is 1. The molecule has 0 aliphatic carbocycles. The van der Waals surface area contributed by atoms with Gasteiger partial charge in [0.15, 0.2) is 0 Å². The van der Waals surface area contributed by atoms with E-state index in [1.54, 1.807) is 6.92 Å². The number of carbonyl (C=O) groups excluding carboxylic acids is 1. The van der Waals surface area contributed by atoms with Gasteiger partial charge in [-0.25, -0.2) is 17.6 Å². The van der Waals surface area contributed by atoms with Crippen molar-refractivity contribution in [3.63, 3.8) is 0 Å². The lowest BCUT2D eigenvalue weighted by atomic mass is 10.3. The molecule has 0 unspecified atom stereocenters. The molecule has 0 saturated carbocycles. The first-order valence-electron chi connectivity index (χ1n) is 6.73. The highest BCUT2D eigenvalue weighted by molar-refractivity contribution is 7.92. The van der Waals surface area contributed by atoms with E-state index in [9.17, 15) is 17.6 Å². The Kier molecular flexibility index (Phi) is 5.17. The van der Waals surface area contributed by atoms with E-state index in [-0.39, 0.29) is 17.2 Å². The minimum Gasteiger partial charge on any atom is -0.450 e. The van der Waals surface area contributed by atoms with E-state index >= 15 is 0 Å². The van der Waals surface area contributed by atoms with Gasteiger partial charge in [-0.1, -0.05) is 6.07 Å². The number of ether oxygens (including phenoxy) is 1. The summed E-state index contributed by atoms with van der Waals surface area (Å²) in [6, 6.07) is 10.6. The molecule has 0 atom stereocenters. The molecule has 2 aromatic carbocycles. The van der Waals surface area contributed by atoms with Crippen LogP contribution in [0.2, 0.25) is 0 Å². The van der Waals surface area contributed by atoms with Crippen LogP contribution >= 0.6 is 0 Å². The highest BCUT2D eigenvalue weighted by Crippen LogP contribution is 2.19. The quantitative estimate of drug-likeness (QED) is 0.877. The summed E-state index contributed by atoms with van der Waals surface area (Å²) < 4.78 is 44.5. The Balaban J connectivity index is 2.12. The molecule has 0 bridgehead atoms. The van der Waals surface area contributed by atoms with Gasteiger partial charge in [0.05, 0.1) is 17.2 Å². The number of hydrogen-bond donors (Lipinski definition) is 2. The zero-order valence-electron chi connectivity index (χ0n) is 12.2. The number of amides is 1. The Labute approximate surface area is 133 Å². The Morgan fingerprint density at radius 2 is 1.83 bits per heavy atom. The fourth-order valence-corrected chi connectivity index (χ4v) is 2.82. The molecule has 0 fully saturated rings. The first-order valence-corrected chi connectivity index (χ1v) is 8.21. The van der Waals surface area contributed by atoms with E-state index in [1.165, 1.54) is 42.5 Å². The molecule has 0 aliphatic heterocycles. The summed E-state index contributed by atoms with van der Waals surface area (Å²) in [4.78, 5) is 11.3. The minimum absolute atomic E-state index is 0.0174. The average Bonchev–Trinajstić information content (AvgIpc) is 2.47. The molecule has 0 radical (unpaired) electrons. The third-order valence-corrected chi connectivity index (χ3v) is 4.16. The van der Waals surface area contributed by atoms with E-state index in [4.69, 9.17) is 4.74 Å². The first kappa shape index (κ1) is 16.8. The predicted molar refractivity (Wildman–Crippen MR) is 84.3 cm³/mol. The molecule has 0 saturated heterocycles. The Bertz CT molecular complexity index is 791. The molecule has 0 aliphatic rings. The monoisotopic (exact) mass is 338 g/mol. The van der Waals surface area contributed by atoms with Crippen LogP contribution in [0.25, 0.3) is 0 Å². The third kappa shape index (κ3) is 4.68. The van der Waals surface area contributed by atoms with Crippen LogP contribution in [0.3, 0.4) is 0 Å². The van der Waals surface area contributed by atoms with Crippen molar-refractivity contribution in [2.24, 2.45) is 0 Å². The largest absolute Gasteiger partial charge is 0.450 e. The van der Waals surface area contributed by atoms with Gasteiger partial charge in [0, 0.05) is 5.69 Å². The maximum Gasteiger partial charge on any atom is 0.411 e. The molecule has 8 heteroatoms. The SMILES string of the molecule is CCOC(=O)Nc1ccc(S(=O)(=O)Nc2cccc(F)c2)cc1. The highest BCUT2D eigenvalue weighted by Gasteiger charge is 2.14. The van der Waals surface area contributed by atoms with Crippen LogP contribution in [0, 0.1) is 5.82 Å². The maximum absolute atomic E-state index is 13.1.